The van der Waals surface area contributed by atoms with Gasteiger partial charge < -0.3 is 15.5 Å². The summed E-state index contributed by atoms with van der Waals surface area (Å²) in [5, 5.41) is 6.45. The van der Waals surface area contributed by atoms with E-state index >= 15 is 0 Å². The SMILES string of the molecule is CC1(C)[C@@H]2CC[C@@H](CNC(=O)c3cccc4nc(CC(=O)N5CCNCC5)cn34)[C@@H]1C2. The number of piperazine rings is 1. The van der Waals surface area contributed by atoms with Gasteiger partial charge in [-0.25, -0.2) is 4.98 Å². The Bertz CT molecular complexity index is 989. The summed E-state index contributed by atoms with van der Waals surface area (Å²) in [6.45, 7) is 8.64. The molecule has 4 aliphatic rings. The van der Waals surface area contributed by atoms with Crippen LogP contribution in [0, 0.1) is 23.2 Å². The van der Waals surface area contributed by atoms with E-state index in [1.165, 1.54) is 19.3 Å². The molecule has 1 saturated heterocycles. The van der Waals surface area contributed by atoms with Crippen LogP contribution in [0.15, 0.2) is 24.4 Å². The van der Waals surface area contributed by atoms with E-state index in [0.717, 1.165) is 44.6 Å². The number of fused-ring (bicyclic) bond motifs is 3. The van der Waals surface area contributed by atoms with Crippen molar-refractivity contribution in [1.29, 1.82) is 0 Å². The molecule has 1 aliphatic heterocycles. The maximum Gasteiger partial charge on any atom is 0.268 e. The molecule has 2 amide bonds. The largest absolute Gasteiger partial charge is 0.350 e. The lowest BCUT2D eigenvalue weighted by molar-refractivity contribution is -0.131. The van der Waals surface area contributed by atoms with Crippen molar-refractivity contribution in [2.45, 2.75) is 39.5 Å². The molecular formula is C24H33N5O2. The van der Waals surface area contributed by atoms with Crippen molar-refractivity contribution >= 4 is 17.5 Å². The molecule has 0 aromatic carbocycles. The molecule has 3 saturated carbocycles. The lowest BCUT2D eigenvalue weighted by Gasteiger charge is -2.60. The first-order valence-electron chi connectivity index (χ1n) is 11.7. The monoisotopic (exact) mass is 423 g/mol. The minimum Gasteiger partial charge on any atom is -0.350 e. The topological polar surface area (TPSA) is 78.7 Å². The normalized spacial score (nSPS) is 27.0. The van der Waals surface area contributed by atoms with Crippen molar-refractivity contribution in [3.63, 3.8) is 0 Å². The standard InChI is InChI=1S/C24H33N5O2/c1-24(2)17-7-6-16(19(24)12-17)14-26-23(31)20-4-3-5-21-27-18(15-29(20)21)13-22(30)28-10-8-25-9-11-28/h3-5,15-17,19,25H,6-14H2,1-2H3,(H,26,31)/t16-,17+,19-/m0/s1. The van der Waals surface area contributed by atoms with Crippen LogP contribution in [0.5, 0.6) is 0 Å². The fraction of sp³-hybridized carbons (Fsp3) is 0.625. The van der Waals surface area contributed by atoms with Gasteiger partial charge in [-0.15, -0.1) is 0 Å². The Morgan fingerprint density at radius 2 is 2.03 bits per heavy atom. The molecule has 3 heterocycles. The van der Waals surface area contributed by atoms with Crippen LogP contribution in [0.25, 0.3) is 5.65 Å². The van der Waals surface area contributed by atoms with Gasteiger partial charge in [-0.1, -0.05) is 19.9 Å². The molecule has 7 nitrogen and oxygen atoms in total. The van der Waals surface area contributed by atoms with Crippen LogP contribution < -0.4 is 10.6 Å². The average Bonchev–Trinajstić information content (AvgIpc) is 3.20. The van der Waals surface area contributed by atoms with Crippen molar-refractivity contribution < 1.29 is 9.59 Å². The fourth-order valence-electron chi connectivity index (χ4n) is 6.03. The molecule has 3 aliphatic carbocycles. The number of aromatic nitrogens is 2. The second-order valence-corrected chi connectivity index (χ2v) is 10.1. The molecule has 2 bridgehead atoms. The van der Waals surface area contributed by atoms with Gasteiger partial charge in [-0.05, 0) is 54.6 Å². The molecule has 4 fully saturated rings. The number of hydrogen-bond donors (Lipinski definition) is 2. The number of imidazole rings is 1. The second-order valence-electron chi connectivity index (χ2n) is 10.1. The van der Waals surface area contributed by atoms with E-state index in [2.05, 4.69) is 29.5 Å². The zero-order valence-electron chi connectivity index (χ0n) is 18.6. The maximum atomic E-state index is 13.0. The van der Waals surface area contributed by atoms with E-state index in [1.807, 2.05) is 33.7 Å². The summed E-state index contributed by atoms with van der Waals surface area (Å²) in [4.78, 5) is 32.1. The van der Waals surface area contributed by atoms with Gasteiger partial charge in [0, 0.05) is 38.9 Å². The Hall–Kier alpha value is -2.41. The van der Waals surface area contributed by atoms with Crippen LogP contribution >= 0.6 is 0 Å². The van der Waals surface area contributed by atoms with Crippen molar-refractivity contribution in [2.24, 2.45) is 23.2 Å². The molecule has 7 heteroatoms. The lowest BCUT2D eigenvalue weighted by atomic mass is 9.45. The van der Waals surface area contributed by atoms with Gasteiger partial charge >= 0.3 is 0 Å². The smallest absolute Gasteiger partial charge is 0.268 e. The minimum absolute atomic E-state index is 0.0674. The van der Waals surface area contributed by atoms with Crippen molar-refractivity contribution in [1.82, 2.24) is 24.9 Å². The highest BCUT2D eigenvalue weighted by Gasteiger charge is 2.53. The quantitative estimate of drug-likeness (QED) is 0.772. The molecule has 2 aromatic rings. The third-order valence-electron chi connectivity index (χ3n) is 8.10. The number of amides is 2. The van der Waals surface area contributed by atoms with E-state index in [9.17, 15) is 9.59 Å². The molecule has 3 atom stereocenters. The predicted octanol–water partition coefficient (Wildman–Crippen LogP) is 2.11. The zero-order valence-corrected chi connectivity index (χ0v) is 18.6. The van der Waals surface area contributed by atoms with E-state index in [1.54, 1.807) is 0 Å². The van der Waals surface area contributed by atoms with E-state index in [4.69, 9.17) is 0 Å². The number of pyridine rings is 1. The van der Waals surface area contributed by atoms with Crippen molar-refractivity contribution in [2.75, 3.05) is 32.7 Å². The molecule has 2 aromatic heterocycles. The summed E-state index contributed by atoms with van der Waals surface area (Å²) in [6.07, 6.45) is 5.92. The highest BCUT2D eigenvalue weighted by molar-refractivity contribution is 5.93. The minimum atomic E-state index is -0.0674. The first kappa shape index (κ1) is 20.5. The Labute approximate surface area is 183 Å². The second kappa shape index (κ2) is 7.93. The van der Waals surface area contributed by atoms with Gasteiger partial charge in [0.25, 0.3) is 5.91 Å². The van der Waals surface area contributed by atoms with E-state index in [0.29, 0.717) is 28.4 Å². The number of carbonyl (C=O) groups excluding carboxylic acids is 2. The Kier molecular flexibility index (Phi) is 5.24. The summed E-state index contributed by atoms with van der Waals surface area (Å²) in [5.41, 5.74) is 2.41. The number of rotatable bonds is 5. The van der Waals surface area contributed by atoms with Gasteiger partial charge in [-0.3, -0.25) is 14.0 Å². The average molecular weight is 424 g/mol. The first-order chi connectivity index (χ1) is 14.9. The number of hydrogen-bond acceptors (Lipinski definition) is 4. The van der Waals surface area contributed by atoms with Gasteiger partial charge in [0.05, 0.1) is 12.1 Å². The maximum absolute atomic E-state index is 13.0. The Balaban J connectivity index is 1.26. The van der Waals surface area contributed by atoms with Crippen LogP contribution in [-0.4, -0.2) is 58.8 Å². The van der Waals surface area contributed by atoms with Crippen LogP contribution in [0.3, 0.4) is 0 Å². The Morgan fingerprint density at radius 3 is 2.77 bits per heavy atom. The summed E-state index contributed by atoms with van der Waals surface area (Å²) >= 11 is 0. The lowest BCUT2D eigenvalue weighted by Crippen LogP contribution is -2.54. The summed E-state index contributed by atoms with van der Waals surface area (Å²) in [6, 6.07) is 5.57. The molecule has 0 unspecified atom stereocenters. The summed E-state index contributed by atoms with van der Waals surface area (Å²) in [5.74, 6) is 2.18. The molecule has 2 N–H and O–H groups in total. The number of carbonyl (C=O) groups is 2. The van der Waals surface area contributed by atoms with Gasteiger partial charge in [0.15, 0.2) is 0 Å². The number of nitrogens with one attached hydrogen (secondary N) is 2. The highest BCUT2D eigenvalue weighted by Crippen LogP contribution is 2.61. The molecule has 0 radical (unpaired) electrons. The highest BCUT2D eigenvalue weighted by atomic mass is 16.2. The third kappa shape index (κ3) is 3.73. The third-order valence-corrected chi connectivity index (χ3v) is 8.10. The fourth-order valence-corrected chi connectivity index (χ4v) is 6.03. The van der Waals surface area contributed by atoms with Crippen molar-refractivity contribution in [3.8, 4) is 0 Å². The van der Waals surface area contributed by atoms with E-state index in [-0.39, 0.29) is 18.2 Å². The molecular weight excluding hydrogens is 390 g/mol. The van der Waals surface area contributed by atoms with Crippen LogP contribution in [-0.2, 0) is 11.2 Å². The first-order valence-corrected chi connectivity index (χ1v) is 11.7. The van der Waals surface area contributed by atoms with Crippen LogP contribution in [0.2, 0.25) is 0 Å². The van der Waals surface area contributed by atoms with Gasteiger partial charge in [-0.2, -0.15) is 0 Å². The molecule has 166 valence electrons. The van der Waals surface area contributed by atoms with Gasteiger partial charge in [0.2, 0.25) is 5.91 Å². The number of nitrogens with zero attached hydrogens (tertiary/aromatic N) is 3. The van der Waals surface area contributed by atoms with Crippen molar-refractivity contribution in [3.05, 3.63) is 35.8 Å². The molecule has 6 rings (SSSR count). The summed E-state index contributed by atoms with van der Waals surface area (Å²) < 4.78 is 1.82. The Morgan fingerprint density at radius 1 is 1.23 bits per heavy atom. The zero-order chi connectivity index (χ0) is 21.6. The van der Waals surface area contributed by atoms with Crippen LogP contribution in [0.1, 0.15) is 49.3 Å². The van der Waals surface area contributed by atoms with E-state index < -0.39 is 0 Å². The van der Waals surface area contributed by atoms with Gasteiger partial charge in [0.1, 0.15) is 11.3 Å². The molecule has 31 heavy (non-hydrogen) atoms. The van der Waals surface area contributed by atoms with Crippen LogP contribution in [0.4, 0.5) is 0 Å². The molecule has 0 spiro atoms. The summed E-state index contributed by atoms with van der Waals surface area (Å²) in [7, 11) is 0. The predicted molar refractivity (Wildman–Crippen MR) is 119 cm³/mol.